The summed E-state index contributed by atoms with van der Waals surface area (Å²) >= 11 is 2.34. The molecule has 0 saturated heterocycles. The Bertz CT molecular complexity index is 408. The minimum Gasteiger partial charge on any atom is -0.373 e. The highest BCUT2D eigenvalue weighted by molar-refractivity contribution is 14.1. The number of hydrogen-bond acceptors (Lipinski definition) is 4. The summed E-state index contributed by atoms with van der Waals surface area (Å²) in [5.74, 6) is 2.41. The number of anilines is 1. The molecule has 1 heterocycles. The number of nitrogens with one attached hydrogen (secondary N) is 1. The van der Waals surface area contributed by atoms with Crippen molar-refractivity contribution < 1.29 is 4.74 Å². The molecule has 0 spiro atoms. The topological polar surface area (TPSA) is 47.0 Å². The number of rotatable bonds is 7. The zero-order valence-electron chi connectivity index (χ0n) is 11.9. The molecule has 0 aliphatic heterocycles. The lowest BCUT2D eigenvalue weighted by molar-refractivity contribution is 0.0771. The Morgan fingerprint density at radius 2 is 2.11 bits per heavy atom. The Kier molecular flexibility index (Phi) is 5.38. The predicted molar refractivity (Wildman–Crippen MR) is 85.4 cm³/mol. The van der Waals surface area contributed by atoms with Crippen LogP contribution in [0.25, 0.3) is 0 Å². The number of methoxy groups -OCH3 is 1. The first-order chi connectivity index (χ1) is 9.21. The van der Waals surface area contributed by atoms with Crippen molar-refractivity contribution in [2.75, 3.05) is 19.0 Å². The van der Waals surface area contributed by atoms with Gasteiger partial charge in [-0.1, -0.05) is 13.3 Å². The Balaban J connectivity index is 2.36. The standard InChI is InChI=1S/C14H22IN3O/c1-4-6-10-11(15)13(16-5-2)18-14(17-10)12(19-3)9-7-8-9/h9,12H,4-8H2,1-3H3,(H,16,17,18). The summed E-state index contributed by atoms with van der Waals surface area (Å²) in [4.78, 5) is 9.44. The fourth-order valence-corrected chi connectivity index (χ4v) is 2.94. The van der Waals surface area contributed by atoms with E-state index < -0.39 is 0 Å². The maximum absolute atomic E-state index is 5.61. The van der Waals surface area contributed by atoms with Crippen LogP contribution in [0.3, 0.4) is 0 Å². The van der Waals surface area contributed by atoms with Gasteiger partial charge in [0, 0.05) is 13.7 Å². The molecule has 0 amide bonds. The van der Waals surface area contributed by atoms with E-state index in [4.69, 9.17) is 9.72 Å². The Labute approximate surface area is 128 Å². The van der Waals surface area contributed by atoms with E-state index in [1.807, 2.05) is 0 Å². The molecular formula is C14H22IN3O. The minimum absolute atomic E-state index is 0.0602. The molecule has 1 fully saturated rings. The van der Waals surface area contributed by atoms with Crippen LogP contribution in [0.4, 0.5) is 5.82 Å². The van der Waals surface area contributed by atoms with E-state index >= 15 is 0 Å². The van der Waals surface area contributed by atoms with Crippen molar-refractivity contribution in [3.8, 4) is 0 Å². The molecule has 1 unspecified atom stereocenters. The molecule has 4 nitrogen and oxygen atoms in total. The first-order valence-electron chi connectivity index (χ1n) is 7.04. The summed E-state index contributed by atoms with van der Waals surface area (Å²) in [6.07, 6.45) is 4.61. The van der Waals surface area contributed by atoms with Crippen molar-refractivity contribution in [2.45, 2.75) is 45.6 Å². The fraction of sp³-hybridized carbons (Fsp3) is 0.714. The van der Waals surface area contributed by atoms with Gasteiger partial charge in [-0.3, -0.25) is 0 Å². The van der Waals surface area contributed by atoms with Crippen LogP contribution in [0.2, 0.25) is 0 Å². The van der Waals surface area contributed by atoms with Crippen LogP contribution in [-0.2, 0) is 11.2 Å². The summed E-state index contributed by atoms with van der Waals surface area (Å²) in [6.45, 7) is 5.14. The van der Waals surface area contributed by atoms with Crippen LogP contribution in [-0.4, -0.2) is 23.6 Å². The second kappa shape index (κ2) is 6.83. The molecule has 1 aliphatic carbocycles. The summed E-state index contributed by atoms with van der Waals surface area (Å²) in [6, 6.07) is 0. The molecule has 1 aromatic heterocycles. The largest absolute Gasteiger partial charge is 0.373 e. The van der Waals surface area contributed by atoms with Crippen molar-refractivity contribution in [1.29, 1.82) is 0 Å². The quantitative estimate of drug-likeness (QED) is 0.741. The maximum atomic E-state index is 5.61. The van der Waals surface area contributed by atoms with Crippen LogP contribution in [0.5, 0.6) is 0 Å². The smallest absolute Gasteiger partial charge is 0.160 e. The molecule has 2 rings (SSSR count). The normalized spacial score (nSPS) is 16.4. The van der Waals surface area contributed by atoms with E-state index in [1.54, 1.807) is 7.11 Å². The van der Waals surface area contributed by atoms with Crippen molar-refractivity contribution in [3.63, 3.8) is 0 Å². The second-order valence-corrected chi connectivity index (χ2v) is 6.04. The van der Waals surface area contributed by atoms with Crippen molar-refractivity contribution in [2.24, 2.45) is 5.92 Å². The molecule has 1 N–H and O–H groups in total. The second-order valence-electron chi connectivity index (χ2n) is 4.97. The molecule has 1 aliphatic rings. The van der Waals surface area contributed by atoms with Gasteiger partial charge in [0.05, 0.1) is 9.26 Å². The van der Waals surface area contributed by atoms with Crippen LogP contribution < -0.4 is 5.32 Å². The Morgan fingerprint density at radius 3 is 2.63 bits per heavy atom. The summed E-state index contributed by atoms with van der Waals surface area (Å²) in [5.41, 5.74) is 1.15. The molecule has 0 aromatic carbocycles. The van der Waals surface area contributed by atoms with Gasteiger partial charge in [-0.05, 0) is 54.7 Å². The highest BCUT2D eigenvalue weighted by Crippen LogP contribution is 2.42. The summed E-state index contributed by atoms with van der Waals surface area (Å²) < 4.78 is 6.76. The highest BCUT2D eigenvalue weighted by Gasteiger charge is 2.35. The highest BCUT2D eigenvalue weighted by atomic mass is 127. The number of hydrogen-bond donors (Lipinski definition) is 1. The van der Waals surface area contributed by atoms with Gasteiger partial charge in [0.15, 0.2) is 5.82 Å². The molecule has 1 atom stereocenters. The average molecular weight is 375 g/mol. The van der Waals surface area contributed by atoms with E-state index in [-0.39, 0.29) is 6.10 Å². The molecule has 19 heavy (non-hydrogen) atoms. The minimum atomic E-state index is 0.0602. The maximum Gasteiger partial charge on any atom is 0.160 e. The fourth-order valence-electron chi connectivity index (χ4n) is 2.23. The number of halogens is 1. The van der Waals surface area contributed by atoms with Gasteiger partial charge in [0.25, 0.3) is 0 Å². The van der Waals surface area contributed by atoms with Crippen molar-refractivity contribution in [3.05, 3.63) is 15.1 Å². The number of aromatic nitrogens is 2. The van der Waals surface area contributed by atoms with Gasteiger partial charge in [0.1, 0.15) is 11.9 Å². The van der Waals surface area contributed by atoms with Gasteiger partial charge in [-0.2, -0.15) is 0 Å². The van der Waals surface area contributed by atoms with Gasteiger partial charge in [-0.15, -0.1) is 0 Å². The molecule has 1 saturated carbocycles. The lowest BCUT2D eigenvalue weighted by atomic mass is 10.2. The van der Waals surface area contributed by atoms with E-state index in [0.29, 0.717) is 5.92 Å². The first-order valence-corrected chi connectivity index (χ1v) is 8.12. The molecule has 1 aromatic rings. The third-order valence-corrected chi connectivity index (χ3v) is 4.46. The number of nitrogens with zero attached hydrogens (tertiary/aromatic N) is 2. The lowest BCUT2D eigenvalue weighted by Gasteiger charge is -2.17. The van der Waals surface area contributed by atoms with E-state index in [9.17, 15) is 0 Å². The monoisotopic (exact) mass is 375 g/mol. The molecule has 0 radical (unpaired) electrons. The first kappa shape index (κ1) is 15.0. The van der Waals surface area contributed by atoms with Crippen LogP contribution in [0, 0.1) is 9.49 Å². The third-order valence-electron chi connectivity index (χ3n) is 3.33. The SMILES string of the molecule is CCCc1nc(C(OC)C2CC2)nc(NCC)c1I. The number of aryl methyl sites for hydroxylation is 1. The Morgan fingerprint density at radius 1 is 1.37 bits per heavy atom. The van der Waals surface area contributed by atoms with Crippen molar-refractivity contribution in [1.82, 2.24) is 9.97 Å². The average Bonchev–Trinajstić information content (AvgIpc) is 3.21. The van der Waals surface area contributed by atoms with Gasteiger partial charge < -0.3 is 10.1 Å². The lowest BCUT2D eigenvalue weighted by Crippen LogP contribution is -2.15. The summed E-state index contributed by atoms with van der Waals surface area (Å²) in [7, 11) is 1.76. The van der Waals surface area contributed by atoms with Gasteiger partial charge >= 0.3 is 0 Å². The Hall–Kier alpha value is -0.430. The van der Waals surface area contributed by atoms with Gasteiger partial charge in [-0.25, -0.2) is 9.97 Å². The third kappa shape index (κ3) is 3.56. The van der Waals surface area contributed by atoms with Crippen molar-refractivity contribution >= 4 is 28.4 Å². The van der Waals surface area contributed by atoms with Crippen LogP contribution >= 0.6 is 22.6 Å². The van der Waals surface area contributed by atoms with Crippen LogP contribution in [0.15, 0.2) is 0 Å². The number of ether oxygens (including phenoxy) is 1. The van der Waals surface area contributed by atoms with Gasteiger partial charge in [0.2, 0.25) is 0 Å². The predicted octanol–water partition coefficient (Wildman–Crippen LogP) is 3.56. The van der Waals surface area contributed by atoms with E-state index in [2.05, 4.69) is 46.7 Å². The zero-order valence-corrected chi connectivity index (χ0v) is 14.0. The molecular weight excluding hydrogens is 353 g/mol. The molecule has 106 valence electrons. The van der Waals surface area contributed by atoms with Crippen LogP contribution in [0.1, 0.15) is 50.7 Å². The molecule has 5 heteroatoms. The zero-order chi connectivity index (χ0) is 13.8. The van der Waals surface area contributed by atoms with E-state index in [0.717, 1.165) is 40.3 Å². The van der Waals surface area contributed by atoms with E-state index in [1.165, 1.54) is 12.8 Å². The molecule has 0 bridgehead atoms. The summed E-state index contributed by atoms with van der Waals surface area (Å²) in [5, 5.41) is 3.34.